The first-order chi connectivity index (χ1) is 13.2. The van der Waals surface area contributed by atoms with E-state index in [1.165, 1.54) is 65.1 Å². The molecule has 0 saturated carbocycles. The van der Waals surface area contributed by atoms with Crippen LogP contribution in [0.5, 0.6) is 0 Å². The van der Waals surface area contributed by atoms with E-state index in [2.05, 4.69) is 74.6 Å². The predicted octanol–water partition coefficient (Wildman–Crippen LogP) is 7.19. The maximum absolute atomic E-state index is 3.73. The van der Waals surface area contributed by atoms with Crippen LogP contribution in [0.1, 0.15) is 76.0 Å². The molecule has 0 heterocycles. The number of rotatable bonds is 10. The highest BCUT2D eigenvalue weighted by molar-refractivity contribution is 5.99. The minimum atomic E-state index is 0.547. The Morgan fingerprint density at radius 2 is 1.81 bits per heavy atom. The highest BCUT2D eigenvalue weighted by Crippen LogP contribution is 2.35. The summed E-state index contributed by atoms with van der Waals surface area (Å²) in [6.45, 7) is 7.76. The molecule has 2 aromatic carbocycles. The molecule has 1 N–H and O–H groups in total. The summed E-state index contributed by atoms with van der Waals surface area (Å²) in [5.41, 5.74) is 5.81. The lowest BCUT2D eigenvalue weighted by atomic mass is 9.88. The Hall–Kier alpha value is -1.86. The molecular weight excluding hydrogens is 326 g/mol. The molecule has 1 aliphatic rings. The largest absolute Gasteiger partial charge is 0.310 e. The lowest BCUT2D eigenvalue weighted by Gasteiger charge is -2.19. The summed E-state index contributed by atoms with van der Waals surface area (Å²) >= 11 is 0. The minimum absolute atomic E-state index is 0.547. The number of unbranched alkanes of at least 4 members (excludes halogenated alkanes) is 3. The van der Waals surface area contributed by atoms with Gasteiger partial charge in [0.1, 0.15) is 0 Å². The summed E-state index contributed by atoms with van der Waals surface area (Å²) in [7, 11) is 0. The van der Waals surface area contributed by atoms with E-state index in [0.29, 0.717) is 6.04 Å². The molecule has 0 aromatic heterocycles. The maximum Gasteiger partial charge on any atom is 0.0214 e. The molecule has 27 heavy (non-hydrogen) atoms. The highest BCUT2D eigenvalue weighted by Gasteiger charge is 2.15. The third-order valence-corrected chi connectivity index (χ3v) is 5.82. The van der Waals surface area contributed by atoms with Crippen LogP contribution in [-0.2, 0) is 13.0 Å². The van der Waals surface area contributed by atoms with Crippen LogP contribution in [0.4, 0.5) is 0 Å². The molecule has 1 heteroatoms. The Balaban J connectivity index is 2.02. The first kappa shape index (κ1) is 19.9. The van der Waals surface area contributed by atoms with Crippen molar-refractivity contribution in [3.63, 3.8) is 0 Å². The molecule has 1 aliphatic carbocycles. The standard InChI is InChI=1S/C26H35N/c1-4-6-7-8-15-22-18-23(19-27-20(3)5-2)26(21-13-9-10-14-21)25-17-12-11-16-24(22)25/h9,11-14,16-18,20,27H,4-8,10,15,19H2,1-3H3. The summed E-state index contributed by atoms with van der Waals surface area (Å²) in [6, 6.07) is 12.1. The molecule has 0 saturated heterocycles. The molecule has 1 atom stereocenters. The highest BCUT2D eigenvalue weighted by atomic mass is 14.9. The van der Waals surface area contributed by atoms with Crippen molar-refractivity contribution in [3.8, 4) is 0 Å². The van der Waals surface area contributed by atoms with Gasteiger partial charge in [0.05, 0.1) is 0 Å². The first-order valence-electron chi connectivity index (χ1n) is 10.9. The lowest BCUT2D eigenvalue weighted by Crippen LogP contribution is -2.25. The van der Waals surface area contributed by atoms with Crippen molar-refractivity contribution in [2.75, 3.05) is 0 Å². The van der Waals surface area contributed by atoms with Crippen molar-refractivity contribution < 1.29 is 0 Å². The molecule has 2 aromatic rings. The van der Waals surface area contributed by atoms with Gasteiger partial charge in [0.2, 0.25) is 0 Å². The van der Waals surface area contributed by atoms with E-state index in [1.807, 2.05) is 0 Å². The quantitative estimate of drug-likeness (QED) is 0.441. The Kier molecular flexibility index (Phi) is 7.29. The number of fused-ring (bicyclic) bond motifs is 1. The van der Waals surface area contributed by atoms with Gasteiger partial charge in [-0.15, -0.1) is 0 Å². The van der Waals surface area contributed by atoms with Gasteiger partial charge in [0, 0.05) is 12.6 Å². The Morgan fingerprint density at radius 1 is 1.00 bits per heavy atom. The van der Waals surface area contributed by atoms with Crippen molar-refractivity contribution in [1.82, 2.24) is 5.32 Å². The maximum atomic E-state index is 3.73. The molecule has 1 unspecified atom stereocenters. The Bertz CT molecular complexity index is 812. The SMILES string of the molecule is CCCCCCc1cc(CNC(C)CC)c(C2=CCC=C2)c2ccccc12. The van der Waals surface area contributed by atoms with Gasteiger partial charge in [-0.05, 0) is 65.6 Å². The van der Waals surface area contributed by atoms with Crippen LogP contribution in [-0.4, -0.2) is 6.04 Å². The minimum Gasteiger partial charge on any atom is -0.310 e. The van der Waals surface area contributed by atoms with Crippen LogP contribution in [0.25, 0.3) is 16.3 Å². The predicted molar refractivity (Wildman–Crippen MR) is 120 cm³/mol. The molecule has 3 rings (SSSR count). The van der Waals surface area contributed by atoms with Crippen LogP contribution < -0.4 is 5.32 Å². The molecule has 0 amide bonds. The lowest BCUT2D eigenvalue weighted by molar-refractivity contribution is 0.534. The van der Waals surface area contributed by atoms with Crippen LogP contribution in [0, 0.1) is 0 Å². The average Bonchev–Trinajstić information content (AvgIpc) is 3.23. The van der Waals surface area contributed by atoms with Gasteiger partial charge in [0.15, 0.2) is 0 Å². The second-order valence-corrected chi connectivity index (χ2v) is 7.91. The Labute approximate surface area is 165 Å². The van der Waals surface area contributed by atoms with E-state index in [4.69, 9.17) is 0 Å². The third kappa shape index (κ3) is 4.90. The van der Waals surface area contributed by atoms with Gasteiger partial charge in [-0.2, -0.15) is 0 Å². The zero-order valence-corrected chi connectivity index (χ0v) is 17.4. The second kappa shape index (κ2) is 9.90. The van der Waals surface area contributed by atoms with E-state index >= 15 is 0 Å². The van der Waals surface area contributed by atoms with Crippen LogP contribution >= 0.6 is 0 Å². The smallest absolute Gasteiger partial charge is 0.0214 e. The third-order valence-electron chi connectivity index (χ3n) is 5.82. The zero-order chi connectivity index (χ0) is 19.1. The number of benzene rings is 2. The second-order valence-electron chi connectivity index (χ2n) is 7.91. The van der Waals surface area contributed by atoms with Crippen molar-refractivity contribution in [2.45, 2.75) is 78.3 Å². The van der Waals surface area contributed by atoms with Crippen molar-refractivity contribution in [3.05, 3.63) is 65.3 Å². The van der Waals surface area contributed by atoms with Crippen molar-refractivity contribution in [1.29, 1.82) is 0 Å². The summed E-state index contributed by atoms with van der Waals surface area (Å²) < 4.78 is 0. The zero-order valence-electron chi connectivity index (χ0n) is 17.4. The fourth-order valence-electron chi connectivity index (χ4n) is 4.02. The molecule has 144 valence electrons. The summed E-state index contributed by atoms with van der Waals surface area (Å²) in [6.07, 6.45) is 15.6. The van der Waals surface area contributed by atoms with Gasteiger partial charge >= 0.3 is 0 Å². The van der Waals surface area contributed by atoms with Gasteiger partial charge in [-0.3, -0.25) is 0 Å². The number of aryl methyl sites for hydroxylation is 1. The van der Waals surface area contributed by atoms with Crippen LogP contribution in [0.3, 0.4) is 0 Å². The molecule has 0 fully saturated rings. The van der Waals surface area contributed by atoms with Crippen LogP contribution in [0.2, 0.25) is 0 Å². The monoisotopic (exact) mass is 361 g/mol. The van der Waals surface area contributed by atoms with Crippen molar-refractivity contribution in [2.24, 2.45) is 0 Å². The van der Waals surface area contributed by atoms with Gasteiger partial charge in [-0.25, -0.2) is 0 Å². The summed E-state index contributed by atoms with van der Waals surface area (Å²) in [5, 5.41) is 6.59. The number of hydrogen-bond donors (Lipinski definition) is 1. The number of nitrogens with one attached hydrogen (secondary N) is 1. The fraction of sp³-hybridized carbons (Fsp3) is 0.462. The van der Waals surface area contributed by atoms with Gasteiger partial charge in [0.25, 0.3) is 0 Å². The fourth-order valence-corrected chi connectivity index (χ4v) is 4.02. The van der Waals surface area contributed by atoms with Crippen LogP contribution in [0.15, 0.2) is 48.6 Å². The van der Waals surface area contributed by atoms with E-state index in [9.17, 15) is 0 Å². The summed E-state index contributed by atoms with van der Waals surface area (Å²) in [5.74, 6) is 0. The molecule has 0 aliphatic heterocycles. The topological polar surface area (TPSA) is 12.0 Å². The molecule has 0 bridgehead atoms. The molecular formula is C26H35N. The van der Waals surface area contributed by atoms with E-state index in [1.54, 1.807) is 0 Å². The van der Waals surface area contributed by atoms with Gasteiger partial charge in [-0.1, -0.05) is 81.7 Å². The Morgan fingerprint density at radius 3 is 2.52 bits per heavy atom. The van der Waals surface area contributed by atoms with Gasteiger partial charge < -0.3 is 5.32 Å². The first-order valence-corrected chi connectivity index (χ1v) is 10.9. The summed E-state index contributed by atoms with van der Waals surface area (Å²) in [4.78, 5) is 0. The van der Waals surface area contributed by atoms with E-state index in [-0.39, 0.29) is 0 Å². The average molecular weight is 362 g/mol. The molecule has 0 radical (unpaired) electrons. The van der Waals surface area contributed by atoms with Crippen molar-refractivity contribution >= 4 is 16.3 Å². The normalized spacial score (nSPS) is 14.7. The molecule has 0 spiro atoms. The number of allylic oxidation sites excluding steroid dienone is 4. The number of hydrogen-bond acceptors (Lipinski definition) is 1. The molecule has 1 nitrogen and oxygen atoms in total. The van der Waals surface area contributed by atoms with E-state index in [0.717, 1.165) is 19.4 Å². The van der Waals surface area contributed by atoms with E-state index < -0.39 is 0 Å².